The van der Waals surface area contributed by atoms with E-state index in [1.165, 1.54) is 16.9 Å². The molecule has 0 unspecified atom stereocenters. The minimum absolute atomic E-state index is 0.164. The molecular weight excluding hydrogens is 372 g/mol. The molecular formula is C20H18N6OS. The lowest BCUT2D eigenvalue weighted by Gasteiger charge is -2.06. The number of carbonyl (C=O) groups excluding carboxylic acids is 1. The normalized spacial score (nSPS) is 10.8. The van der Waals surface area contributed by atoms with Crippen LogP contribution in [0.4, 0.5) is 5.69 Å². The standard InChI is InChI=1S/C20H18N6OS/c1-13-18(28-17(21-13)11-14-7-4-3-5-8-14)20(27)22-16-10-6-9-15(12-16)19-23-24-25-26(19)2/h3-10,12H,11H2,1-2H3,(H,22,27). The molecule has 2 heterocycles. The summed E-state index contributed by atoms with van der Waals surface area (Å²) in [5, 5.41) is 15.4. The van der Waals surface area contributed by atoms with Crippen LogP contribution in [0.2, 0.25) is 0 Å². The number of hydrogen-bond acceptors (Lipinski definition) is 6. The second kappa shape index (κ2) is 7.69. The van der Waals surface area contributed by atoms with Gasteiger partial charge in [-0.15, -0.1) is 16.4 Å². The highest BCUT2D eigenvalue weighted by Gasteiger charge is 2.16. The van der Waals surface area contributed by atoms with Gasteiger partial charge in [0.1, 0.15) is 4.88 Å². The quantitative estimate of drug-likeness (QED) is 0.564. The van der Waals surface area contributed by atoms with Gasteiger partial charge in [-0.2, -0.15) is 0 Å². The van der Waals surface area contributed by atoms with Gasteiger partial charge in [0, 0.05) is 24.7 Å². The molecule has 0 atom stereocenters. The zero-order valence-electron chi connectivity index (χ0n) is 15.5. The minimum Gasteiger partial charge on any atom is -0.321 e. The zero-order chi connectivity index (χ0) is 19.5. The fourth-order valence-corrected chi connectivity index (χ4v) is 3.90. The molecule has 1 amide bonds. The summed E-state index contributed by atoms with van der Waals surface area (Å²) in [5.74, 6) is 0.470. The largest absolute Gasteiger partial charge is 0.321 e. The Hall–Kier alpha value is -3.39. The molecule has 0 spiro atoms. The van der Waals surface area contributed by atoms with Crippen LogP contribution in [-0.2, 0) is 13.5 Å². The number of hydrogen-bond donors (Lipinski definition) is 1. The van der Waals surface area contributed by atoms with Gasteiger partial charge in [-0.1, -0.05) is 42.5 Å². The van der Waals surface area contributed by atoms with Crippen molar-refractivity contribution in [3.05, 3.63) is 75.7 Å². The number of amides is 1. The van der Waals surface area contributed by atoms with Crippen LogP contribution in [0.25, 0.3) is 11.4 Å². The van der Waals surface area contributed by atoms with E-state index in [-0.39, 0.29) is 5.91 Å². The van der Waals surface area contributed by atoms with Gasteiger partial charge in [0.2, 0.25) is 0 Å². The number of nitrogens with one attached hydrogen (secondary N) is 1. The van der Waals surface area contributed by atoms with E-state index in [9.17, 15) is 4.79 Å². The van der Waals surface area contributed by atoms with E-state index in [0.29, 0.717) is 22.8 Å². The van der Waals surface area contributed by atoms with Crippen LogP contribution in [-0.4, -0.2) is 31.1 Å². The van der Waals surface area contributed by atoms with Crippen LogP contribution >= 0.6 is 11.3 Å². The number of carbonyl (C=O) groups is 1. The van der Waals surface area contributed by atoms with E-state index in [0.717, 1.165) is 16.3 Å². The van der Waals surface area contributed by atoms with E-state index in [1.807, 2.05) is 49.4 Å². The molecule has 0 aliphatic heterocycles. The average Bonchev–Trinajstić information content (AvgIpc) is 3.28. The third-order valence-electron chi connectivity index (χ3n) is 4.24. The molecule has 0 radical (unpaired) electrons. The topological polar surface area (TPSA) is 85.6 Å². The summed E-state index contributed by atoms with van der Waals surface area (Å²) in [7, 11) is 1.77. The predicted octanol–water partition coefficient (Wildman–Crippen LogP) is 3.49. The number of aryl methyl sites for hydroxylation is 2. The molecule has 7 nitrogen and oxygen atoms in total. The Morgan fingerprint density at radius 1 is 1.14 bits per heavy atom. The fraction of sp³-hybridized carbons (Fsp3) is 0.150. The molecule has 4 rings (SSSR count). The van der Waals surface area contributed by atoms with Crippen molar-refractivity contribution in [1.29, 1.82) is 0 Å². The van der Waals surface area contributed by atoms with Crippen molar-refractivity contribution in [3.63, 3.8) is 0 Å². The average molecular weight is 390 g/mol. The first-order valence-corrected chi connectivity index (χ1v) is 9.56. The van der Waals surface area contributed by atoms with Crippen molar-refractivity contribution in [2.45, 2.75) is 13.3 Å². The van der Waals surface area contributed by atoms with Crippen molar-refractivity contribution >= 4 is 22.9 Å². The summed E-state index contributed by atoms with van der Waals surface area (Å²) in [6.45, 7) is 1.86. The van der Waals surface area contributed by atoms with E-state index < -0.39 is 0 Å². The highest BCUT2D eigenvalue weighted by Crippen LogP contribution is 2.24. The maximum Gasteiger partial charge on any atom is 0.267 e. The number of thiazole rings is 1. The van der Waals surface area contributed by atoms with Gasteiger partial charge in [-0.05, 0) is 35.0 Å². The molecule has 140 valence electrons. The maximum atomic E-state index is 12.8. The molecule has 0 saturated carbocycles. The van der Waals surface area contributed by atoms with E-state index in [1.54, 1.807) is 11.7 Å². The summed E-state index contributed by atoms with van der Waals surface area (Å²) >= 11 is 1.43. The highest BCUT2D eigenvalue weighted by atomic mass is 32.1. The van der Waals surface area contributed by atoms with Crippen LogP contribution in [0.3, 0.4) is 0 Å². The Labute approximate surface area is 166 Å². The number of aromatic nitrogens is 5. The Balaban J connectivity index is 1.52. The molecule has 2 aromatic heterocycles. The second-order valence-electron chi connectivity index (χ2n) is 6.35. The number of tetrazole rings is 1. The second-order valence-corrected chi connectivity index (χ2v) is 7.43. The molecule has 28 heavy (non-hydrogen) atoms. The Morgan fingerprint density at radius 3 is 2.71 bits per heavy atom. The molecule has 8 heteroatoms. The lowest BCUT2D eigenvalue weighted by atomic mass is 10.2. The van der Waals surface area contributed by atoms with Gasteiger partial charge >= 0.3 is 0 Å². The van der Waals surface area contributed by atoms with E-state index in [4.69, 9.17) is 0 Å². The van der Waals surface area contributed by atoms with E-state index >= 15 is 0 Å². The van der Waals surface area contributed by atoms with Crippen LogP contribution in [0, 0.1) is 6.92 Å². The van der Waals surface area contributed by atoms with Crippen LogP contribution < -0.4 is 5.32 Å². The molecule has 0 saturated heterocycles. The smallest absolute Gasteiger partial charge is 0.267 e. The van der Waals surface area contributed by atoms with Gasteiger partial charge in [0.15, 0.2) is 5.82 Å². The van der Waals surface area contributed by atoms with Crippen molar-refractivity contribution in [2.75, 3.05) is 5.32 Å². The monoisotopic (exact) mass is 390 g/mol. The SMILES string of the molecule is Cc1nc(Cc2ccccc2)sc1C(=O)Nc1cccc(-c2nnnn2C)c1. The van der Waals surface area contributed by atoms with Gasteiger partial charge < -0.3 is 5.32 Å². The summed E-state index contributed by atoms with van der Waals surface area (Å²) < 4.78 is 1.59. The van der Waals surface area contributed by atoms with Crippen LogP contribution in [0.5, 0.6) is 0 Å². The first-order valence-electron chi connectivity index (χ1n) is 8.74. The number of rotatable bonds is 5. The lowest BCUT2D eigenvalue weighted by molar-refractivity contribution is 0.103. The van der Waals surface area contributed by atoms with Gasteiger partial charge in [-0.25, -0.2) is 9.67 Å². The van der Waals surface area contributed by atoms with Crippen LogP contribution in [0.1, 0.15) is 25.9 Å². The summed E-state index contributed by atoms with van der Waals surface area (Å²) in [6.07, 6.45) is 0.717. The Bertz CT molecular complexity index is 1120. The minimum atomic E-state index is -0.164. The van der Waals surface area contributed by atoms with Gasteiger partial charge in [0.05, 0.1) is 10.7 Å². The maximum absolute atomic E-state index is 12.8. The van der Waals surface area contributed by atoms with E-state index in [2.05, 4.69) is 38.0 Å². The van der Waals surface area contributed by atoms with Gasteiger partial charge in [-0.3, -0.25) is 4.79 Å². The Kier molecular flexibility index (Phi) is 4.94. The van der Waals surface area contributed by atoms with Crippen molar-refractivity contribution < 1.29 is 4.79 Å². The first kappa shape index (κ1) is 18.0. The predicted molar refractivity (Wildman–Crippen MR) is 108 cm³/mol. The molecule has 0 aliphatic rings. The molecule has 0 fully saturated rings. The number of nitrogens with zero attached hydrogens (tertiary/aromatic N) is 5. The lowest BCUT2D eigenvalue weighted by Crippen LogP contribution is -2.11. The first-order chi connectivity index (χ1) is 13.6. The fourth-order valence-electron chi connectivity index (χ4n) is 2.91. The van der Waals surface area contributed by atoms with Crippen molar-refractivity contribution in [2.24, 2.45) is 7.05 Å². The van der Waals surface area contributed by atoms with Crippen molar-refractivity contribution in [1.82, 2.24) is 25.2 Å². The zero-order valence-corrected chi connectivity index (χ0v) is 16.3. The third-order valence-corrected chi connectivity index (χ3v) is 5.40. The van der Waals surface area contributed by atoms with Crippen molar-refractivity contribution in [3.8, 4) is 11.4 Å². The number of benzene rings is 2. The summed E-state index contributed by atoms with van der Waals surface area (Å²) in [6, 6.07) is 17.6. The highest BCUT2D eigenvalue weighted by molar-refractivity contribution is 7.14. The molecule has 0 aliphatic carbocycles. The Morgan fingerprint density at radius 2 is 1.96 bits per heavy atom. The summed E-state index contributed by atoms with van der Waals surface area (Å²) in [4.78, 5) is 18.0. The third kappa shape index (κ3) is 3.81. The molecule has 1 N–H and O–H groups in total. The van der Waals surface area contributed by atoms with Crippen LogP contribution in [0.15, 0.2) is 54.6 Å². The number of anilines is 1. The van der Waals surface area contributed by atoms with Gasteiger partial charge in [0.25, 0.3) is 5.91 Å². The molecule has 0 bridgehead atoms. The summed E-state index contributed by atoms with van der Waals surface area (Å²) in [5.41, 5.74) is 3.43. The molecule has 4 aromatic rings. The molecule has 2 aromatic carbocycles.